The fraction of sp³-hybridized carbons (Fsp3) is 0. The van der Waals surface area contributed by atoms with Gasteiger partial charge in [-0.25, -0.2) is 24.9 Å². The van der Waals surface area contributed by atoms with Crippen LogP contribution < -0.4 is 0 Å². The summed E-state index contributed by atoms with van der Waals surface area (Å²) < 4.78 is 0. The van der Waals surface area contributed by atoms with Crippen molar-refractivity contribution in [2.75, 3.05) is 0 Å². The first kappa shape index (κ1) is 33.9. The summed E-state index contributed by atoms with van der Waals surface area (Å²) in [5.41, 5.74) is 12.3. The van der Waals surface area contributed by atoms with Crippen LogP contribution in [-0.2, 0) is 0 Å². The van der Waals surface area contributed by atoms with Crippen LogP contribution in [0.25, 0.3) is 90.3 Å². The van der Waals surface area contributed by atoms with Crippen LogP contribution in [0.4, 0.5) is 0 Å². The van der Waals surface area contributed by atoms with Gasteiger partial charge in [0.15, 0.2) is 23.3 Å². The Morgan fingerprint density at radius 3 is 1.11 bits per heavy atom. The number of hydrogen-bond donors (Lipinski definition) is 0. The Kier molecular flexibility index (Phi) is 9.23. The highest BCUT2D eigenvalue weighted by Crippen LogP contribution is 2.32. The van der Waals surface area contributed by atoms with E-state index in [-0.39, 0.29) is 0 Å². The minimum Gasteiger partial charge on any atom is -0.228 e. The van der Waals surface area contributed by atoms with Crippen LogP contribution in [0.5, 0.6) is 0 Å². The van der Waals surface area contributed by atoms with E-state index in [4.69, 9.17) is 24.9 Å². The molecule has 56 heavy (non-hydrogen) atoms. The number of nitrogens with zero attached hydrogens (tertiary/aromatic N) is 6. The molecule has 0 spiro atoms. The summed E-state index contributed by atoms with van der Waals surface area (Å²) in [5, 5.41) is 9.30. The second-order valence-corrected chi connectivity index (χ2v) is 13.3. The molecule has 0 N–H and O–H groups in total. The lowest BCUT2D eigenvalue weighted by atomic mass is 10.00. The molecule has 0 bridgehead atoms. The summed E-state index contributed by atoms with van der Waals surface area (Å²) in [6.07, 6.45) is 0. The van der Waals surface area contributed by atoms with Gasteiger partial charge in [-0.1, -0.05) is 158 Å². The molecule has 6 nitrogen and oxygen atoms in total. The van der Waals surface area contributed by atoms with Crippen molar-refractivity contribution < 1.29 is 0 Å². The van der Waals surface area contributed by atoms with Crippen molar-refractivity contribution in [3.05, 3.63) is 200 Å². The largest absolute Gasteiger partial charge is 0.228 e. The molecule has 9 aromatic rings. The fourth-order valence-corrected chi connectivity index (χ4v) is 6.64. The zero-order chi connectivity index (χ0) is 37.7. The lowest BCUT2D eigenvalue weighted by molar-refractivity contribution is 1.07. The summed E-state index contributed by atoms with van der Waals surface area (Å²) in [7, 11) is 0. The van der Waals surface area contributed by atoms with Gasteiger partial charge >= 0.3 is 0 Å². The van der Waals surface area contributed by atoms with E-state index < -0.39 is 0 Å². The number of aromatic nitrogens is 5. The first-order valence-corrected chi connectivity index (χ1v) is 18.3. The van der Waals surface area contributed by atoms with E-state index in [1.807, 2.05) is 78.9 Å². The summed E-state index contributed by atoms with van der Waals surface area (Å²) in [5.74, 6) is 2.36. The molecule has 0 aliphatic carbocycles. The van der Waals surface area contributed by atoms with Crippen LogP contribution in [0, 0.1) is 11.3 Å². The molecule has 0 saturated carbocycles. The first-order valence-electron chi connectivity index (χ1n) is 18.3. The van der Waals surface area contributed by atoms with Crippen molar-refractivity contribution in [1.82, 2.24) is 24.9 Å². The molecular weight excluding hydrogens is 685 g/mol. The van der Waals surface area contributed by atoms with E-state index in [0.717, 1.165) is 67.0 Å². The zero-order valence-corrected chi connectivity index (χ0v) is 30.2. The quantitative estimate of drug-likeness (QED) is 0.156. The van der Waals surface area contributed by atoms with Gasteiger partial charge in [0, 0.05) is 33.4 Å². The molecule has 0 aliphatic heterocycles. The zero-order valence-electron chi connectivity index (χ0n) is 30.2. The molecule has 6 heteroatoms. The molecule has 0 saturated heterocycles. The van der Waals surface area contributed by atoms with Crippen molar-refractivity contribution in [1.29, 1.82) is 5.26 Å². The minimum absolute atomic E-state index is 0.545. The maximum absolute atomic E-state index is 9.30. The van der Waals surface area contributed by atoms with E-state index in [9.17, 15) is 5.26 Å². The van der Waals surface area contributed by atoms with Crippen molar-refractivity contribution in [3.8, 4) is 96.4 Å². The van der Waals surface area contributed by atoms with E-state index in [2.05, 4.69) is 109 Å². The third-order valence-corrected chi connectivity index (χ3v) is 9.62. The van der Waals surface area contributed by atoms with Crippen LogP contribution in [-0.4, -0.2) is 24.9 Å². The predicted octanol–water partition coefficient (Wildman–Crippen LogP) is 11.9. The van der Waals surface area contributed by atoms with Crippen LogP contribution in [0.3, 0.4) is 0 Å². The van der Waals surface area contributed by atoms with Crippen LogP contribution >= 0.6 is 0 Å². The smallest absolute Gasteiger partial charge is 0.164 e. The summed E-state index contributed by atoms with van der Waals surface area (Å²) in [6, 6.07) is 67.2. The van der Waals surface area contributed by atoms with E-state index in [1.165, 1.54) is 0 Å². The molecule has 0 aliphatic rings. The van der Waals surface area contributed by atoms with Gasteiger partial charge in [-0.05, 0) is 58.7 Å². The maximum Gasteiger partial charge on any atom is 0.164 e. The average Bonchev–Trinajstić information content (AvgIpc) is 3.30. The SMILES string of the molecule is N#Cc1ccc(-c2nc(-c3ccccc3)nc(-c3ccc(-c4ccc(-c5nc(-c6ccccc6)cc(-c6cccc(-c7ccccc7)c6)n5)cc4)cc3)n2)cc1. The van der Waals surface area contributed by atoms with Gasteiger partial charge in [-0.15, -0.1) is 0 Å². The normalized spacial score (nSPS) is 10.8. The second kappa shape index (κ2) is 15.2. The predicted molar refractivity (Wildman–Crippen MR) is 224 cm³/mol. The van der Waals surface area contributed by atoms with Crippen molar-refractivity contribution in [3.63, 3.8) is 0 Å². The van der Waals surface area contributed by atoms with E-state index in [1.54, 1.807) is 12.1 Å². The van der Waals surface area contributed by atoms with Crippen LogP contribution in [0.2, 0.25) is 0 Å². The molecule has 2 aromatic heterocycles. The molecule has 0 radical (unpaired) electrons. The molecule has 9 rings (SSSR count). The molecule has 0 atom stereocenters. The van der Waals surface area contributed by atoms with Gasteiger partial charge in [-0.2, -0.15) is 5.26 Å². The highest BCUT2D eigenvalue weighted by Gasteiger charge is 2.14. The van der Waals surface area contributed by atoms with Gasteiger partial charge < -0.3 is 0 Å². The molecule has 7 aromatic carbocycles. The summed E-state index contributed by atoms with van der Waals surface area (Å²) >= 11 is 0. The van der Waals surface area contributed by atoms with Crippen molar-refractivity contribution in [2.45, 2.75) is 0 Å². The van der Waals surface area contributed by atoms with Crippen molar-refractivity contribution in [2.24, 2.45) is 0 Å². The summed E-state index contributed by atoms with van der Waals surface area (Å²) in [6.45, 7) is 0. The second-order valence-electron chi connectivity index (χ2n) is 13.3. The first-order chi connectivity index (χ1) is 27.7. The monoisotopic (exact) mass is 716 g/mol. The number of hydrogen-bond acceptors (Lipinski definition) is 6. The van der Waals surface area contributed by atoms with E-state index in [0.29, 0.717) is 28.9 Å². The third-order valence-electron chi connectivity index (χ3n) is 9.62. The van der Waals surface area contributed by atoms with Gasteiger partial charge in [0.1, 0.15) is 0 Å². The third kappa shape index (κ3) is 7.21. The number of benzene rings is 7. The topological polar surface area (TPSA) is 88.2 Å². The molecule has 2 heterocycles. The van der Waals surface area contributed by atoms with Crippen LogP contribution in [0.1, 0.15) is 5.56 Å². The van der Waals surface area contributed by atoms with Crippen molar-refractivity contribution >= 4 is 0 Å². The summed E-state index contributed by atoms with van der Waals surface area (Å²) in [4.78, 5) is 24.7. The molecular formula is C50H32N6. The Bertz CT molecular complexity index is 2820. The standard InChI is InChI=1S/C50H32N6/c51-33-34-19-21-40(22-20-34)49-54-48(39-15-8-3-9-16-39)55-50(56-49)42-29-25-37(26-30-42)36-23-27-41(28-24-36)47-52-45(38-13-6-2-7-14-38)32-46(53-47)44-18-10-17-43(31-44)35-11-4-1-5-12-35/h1-32H. The molecule has 262 valence electrons. The van der Waals surface area contributed by atoms with Crippen LogP contribution in [0.15, 0.2) is 194 Å². The average molecular weight is 717 g/mol. The number of rotatable bonds is 8. The van der Waals surface area contributed by atoms with Gasteiger partial charge in [-0.3, -0.25) is 0 Å². The lowest BCUT2D eigenvalue weighted by Gasteiger charge is -2.11. The van der Waals surface area contributed by atoms with Gasteiger partial charge in [0.2, 0.25) is 0 Å². The Hall–Kier alpha value is -7.88. The van der Waals surface area contributed by atoms with Gasteiger partial charge in [0.25, 0.3) is 0 Å². The lowest BCUT2D eigenvalue weighted by Crippen LogP contribution is -2.00. The Balaban J connectivity index is 1.03. The fourth-order valence-electron chi connectivity index (χ4n) is 6.64. The Labute approximate surface area is 325 Å². The van der Waals surface area contributed by atoms with Gasteiger partial charge in [0.05, 0.1) is 23.0 Å². The minimum atomic E-state index is 0.545. The molecule has 0 fully saturated rings. The Morgan fingerprint density at radius 2 is 0.607 bits per heavy atom. The molecule has 0 amide bonds. The Morgan fingerprint density at radius 1 is 0.268 bits per heavy atom. The maximum atomic E-state index is 9.30. The number of nitriles is 1. The van der Waals surface area contributed by atoms with E-state index >= 15 is 0 Å². The highest BCUT2D eigenvalue weighted by atomic mass is 15.0. The highest BCUT2D eigenvalue weighted by molar-refractivity contribution is 5.77. The molecule has 0 unspecified atom stereocenters.